The summed E-state index contributed by atoms with van der Waals surface area (Å²) in [6, 6.07) is 7.24. The van der Waals surface area contributed by atoms with E-state index in [1.807, 2.05) is 31.2 Å². The fraction of sp³-hybridized carbons (Fsp3) is 0.500. The average Bonchev–Trinajstić information content (AvgIpc) is 2.68. The van der Waals surface area contributed by atoms with Crippen LogP contribution in [0.15, 0.2) is 35.5 Å². The third kappa shape index (κ3) is 4.59. The number of para-hydroxylation sites is 1. The van der Waals surface area contributed by atoms with E-state index in [9.17, 15) is 9.59 Å². The van der Waals surface area contributed by atoms with Crippen LogP contribution in [-0.4, -0.2) is 62.3 Å². The highest BCUT2D eigenvalue weighted by molar-refractivity contribution is 6.33. The molecular weight excluding hydrogens is 380 g/mol. The van der Waals surface area contributed by atoms with Crippen molar-refractivity contribution < 1.29 is 14.3 Å². The van der Waals surface area contributed by atoms with Crippen molar-refractivity contribution in [3.05, 3.63) is 40.6 Å². The molecule has 0 saturated carbocycles. The van der Waals surface area contributed by atoms with Gasteiger partial charge in [-0.05, 0) is 25.5 Å². The number of hydrogen-bond acceptors (Lipinski definition) is 5. The maximum Gasteiger partial charge on any atom is 0.337 e. The predicted octanol–water partition coefficient (Wildman–Crippen LogP) is 2.37. The number of rotatable bonds is 6. The molecule has 2 N–H and O–H groups in total. The van der Waals surface area contributed by atoms with E-state index in [0.29, 0.717) is 30.8 Å². The van der Waals surface area contributed by atoms with E-state index in [1.54, 1.807) is 6.92 Å². The molecule has 2 aliphatic rings. The molecule has 1 aromatic rings. The lowest BCUT2D eigenvalue weighted by Crippen LogP contribution is -2.54. The van der Waals surface area contributed by atoms with E-state index in [1.165, 1.54) is 0 Å². The van der Waals surface area contributed by atoms with Gasteiger partial charge in [0, 0.05) is 38.4 Å². The Morgan fingerprint density at radius 2 is 1.93 bits per heavy atom. The molecule has 7 nitrogen and oxygen atoms in total. The van der Waals surface area contributed by atoms with Crippen LogP contribution in [-0.2, 0) is 9.53 Å². The van der Waals surface area contributed by atoms with Crippen molar-refractivity contribution in [2.75, 3.05) is 44.2 Å². The van der Waals surface area contributed by atoms with Gasteiger partial charge in [-0.15, -0.1) is 0 Å². The largest absolute Gasteiger partial charge is 0.463 e. The van der Waals surface area contributed by atoms with Gasteiger partial charge in [-0.1, -0.05) is 30.7 Å². The molecule has 8 heteroatoms. The normalized spacial score (nSPS) is 20.6. The Balaban J connectivity index is 1.71. The third-order valence-electron chi connectivity index (χ3n) is 5.09. The molecule has 2 heterocycles. The van der Waals surface area contributed by atoms with Crippen molar-refractivity contribution in [3.63, 3.8) is 0 Å². The first-order valence-electron chi connectivity index (χ1n) is 9.73. The molecule has 1 atom stereocenters. The van der Waals surface area contributed by atoms with Gasteiger partial charge in [-0.25, -0.2) is 9.59 Å². The zero-order chi connectivity index (χ0) is 20.1. The van der Waals surface area contributed by atoms with E-state index >= 15 is 0 Å². The Morgan fingerprint density at radius 1 is 1.21 bits per heavy atom. The highest BCUT2D eigenvalue weighted by Crippen LogP contribution is 2.26. The smallest absolute Gasteiger partial charge is 0.337 e. The fourth-order valence-electron chi connectivity index (χ4n) is 3.67. The number of piperazine rings is 1. The second kappa shape index (κ2) is 9.30. The highest BCUT2D eigenvalue weighted by atomic mass is 35.5. The number of carbonyl (C=O) groups excluding carboxylic acids is 2. The molecule has 0 radical (unpaired) electrons. The Morgan fingerprint density at radius 3 is 2.57 bits per heavy atom. The Labute approximate surface area is 170 Å². The number of carbonyl (C=O) groups is 2. The topological polar surface area (TPSA) is 73.9 Å². The summed E-state index contributed by atoms with van der Waals surface area (Å²) in [5, 5.41) is 6.38. The van der Waals surface area contributed by atoms with Crippen molar-refractivity contribution in [1.82, 2.24) is 15.5 Å². The van der Waals surface area contributed by atoms with Crippen LogP contribution in [0.3, 0.4) is 0 Å². The number of anilines is 1. The van der Waals surface area contributed by atoms with Crippen molar-refractivity contribution in [3.8, 4) is 0 Å². The van der Waals surface area contributed by atoms with Gasteiger partial charge in [-0.2, -0.15) is 0 Å². The van der Waals surface area contributed by atoms with Gasteiger partial charge >= 0.3 is 12.0 Å². The van der Waals surface area contributed by atoms with E-state index in [-0.39, 0.29) is 18.0 Å². The van der Waals surface area contributed by atoms with Crippen LogP contribution < -0.4 is 15.5 Å². The number of amides is 2. The van der Waals surface area contributed by atoms with Crippen molar-refractivity contribution >= 4 is 29.3 Å². The maximum atomic E-state index is 12.5. The molecule has 3 rings (SSSR count). The van der Waals surface area contributed by atoms with Crippen molar-refractivity contribution in [2.24, 2.45) is 0 Å². The van der Waals surface area contributed by atoms with Crippen molar-refractivity contribution in [2.45, 2.75) is 26.3 Å². The van der Waals surface area contributed by atoms with E-state index in [4.69, 9.17) is 16.3 Å². The summed E-state index contributed by atoms with van der Waals surface area (Å²) in [6.45, 7) is 7.81. The van der Waals surface area contributed by atoms with E-state index < -0.39 is 0 Å². The molecule has 1 saturated heterocycles. The minimum absolute atomic E-state index is 0.274. The summed E-state index contributed by atoms with van der Waals surface area (Å²) in [4.78, 5) is 29.0. The first kappa shape index (κ1) is 20.5. The molecule has 2 aliphatic heterocycles. The Hall–Kier alpha value is -2.25. The molecule has 0 bridgehead atoms. The summed E-state index contributed by atoms with van der Waals surface area (Å²) in [5.41, 5.74) is 2.20. The molecule has 28 heavy (non-hydrogen) atoms. The molecule has 1 fully saturated rings. The number of benzene rings is 1. The summed E-state index contributed by atoms with van der Waals surface area (Å²) in [5.74, 6) is -0.369. The van der Waals surface area contributed by atoms with E-state index in [2.05, 4.69) is 20.4 Å². The zero-order valence-corrected chi connectivity index (χ0v) is 17.1. The Kier molecular flexibility index (Phi) is 6.80. The summed E-state index contributed by atoms with van der Waals surface area (Å²) in [6.07, 6.45) is 0.630. The number of halogens is 1. The van der Waals surface area contributed by atoms with Crippen LogP contribution in [0.25, 0.3) is 0 Å². The summed E-state index contributed by atoms with van der Waals surface area (Å²) in [7, 11) is 0. The van der Waals surface area contributed by atoms with Gasteiger partial charge < -0.3 is 20.3 Å². The number of ether oxygens (including phenoxy) is 1. The van der Waals surface area contributed by atoms with Gasteiger partial charge in [0.1, 0.15) is 0 Å². The minimum Gasteiger partial charge on any atom is -0.463 e. The SMILES string of the molecule is CCOC(=O)C1=C(CN2CCN(c3ccccc3Cl)CC2)NC(=O)N[C@@H]1CC. The van der Waals surface area contributed by atoms with E-state index in [0.717, 1.165) is 36.9 Å². The van der Waals surface area contributed by atoms with Crippen LogP contribution in [0, 0.1) is 0 Å². The van der Waals surface area contributed by atoms with Crippen LogP contribution in [0.2, 0.25) is 5.02 Å². The third-order valence-corrected chi connectivity index (χ3v) is 5.41. The second-order valence-electron chi connectivity index (χ2n) is 6.89. The van der Waals surface area contributed by atoms with Gasteiger partial charge in [-0.3, -0.25) is 4.90 Å². The van der Waals surface area contributed by atoms with Crippen LogP contribution in [0.1, 0.15) is 20.3 Å². The van der Waals surface area contributed by atoms with Crippen LogP contribution >= 0.6 is 11.6 Å². The summed E-state index contributed by atoms with van der Waals surface area (Å²) < 4.78 is 5.23. The lowest BCUT2D eigenvalue weighted by Gasteiger charge is -2.38. The second-order valence-corrected chi connectivity index (χ2v) is 7.29. The molecule has 0 spiro atoms. The molecule has 0 unspecified atom stereocenters. The monoisotopic (exact) mass is 406 g/mol. The molecule has 0 aromatic heterocycles. The summed E-state index contributed by atoms with van der Waals surface area (Å²) >= 11 is 6.31. The number of nitrogens with zero attached hydrogens (tertiary/aromatic N) is 2. The number of hydrogen-bond donors (Lipinski definition) is 2. The molecule has 0 aliphatic carbocycles. The quantitative estimate of drug-likeness (QED) is 0.709. The van der Waals surface area contributed by atoms with Gasteiger partial charge in [0.2, 0.25) is 0 Å². The molecular formula is C20H27ClN4O3. The first-order valence-corrected chi connectivity index (χ1v) is 10.1. The lowest BCUT2D eigenvalue weighted by atomic mass is 10.00. The molecule has 1 aromatic carbocycles. The standard InChI is InChI=1S/C20H27ClN4O3/c1-3-15-18(19(26)28-4-2)16(23-20(27)22-15)13-24-9-11-25(12-10-24)17-8-6-5-7-14(17)21/h5-8,15H,3-4,9-13H2,1-2H3,(H2,22,23,27)/t15-/m1/s1. The first-order chi connectivity index (χ1) is 13.5. The average molecular weight is 407 g/mol. The van der Waals surface area contributed by atoms with Crippen LogP contribution in [0.4, 0.5) is 10.5 Å². The number of urea groups is 1. The lowest BCUT2D eigenvalue weighted by molar-refractivity contribution is -0.139. The van der Waals surface area contributed by atoms with Gasteiger partial charge in [0.25, 0.3) is 0 Å². The number of esters is 1. The highest BCUT2D eigenvalue weighted by Gasteiger charge is 2.32. The number of nitrogens with one attached hydrogen (secondary N) is 2. The molecule has 152 valence electrons. The van der Waals surface area contributed by atoms with Crippen molar-refractivity contribution in [1.29, 1.82) is 0 Å². The predicted molar refractivity (Wildman–Crippen MR) is 110 cm³/mol. The maximum absolute atomic E-state index is 12.5. The minimum atomic E-state index is -0.369. The van der Waals surface area contributed by atoms with Crippen LogP contribution in [0.5, 0.6) is 0 Å². The fourth-order valence-corrected chi connectivity index (χ4v) is 3.92. The zero-order valence-electron chi connectivity index (χ0n) is 16.3. The van der Waals surface area contributed by atoms with Gasteiger partial charge in [0.15, 0.2) is 0 Å². The Bertz CT molecular complexity index is 760. The molecule has 2 amide bonds. The van der Waals surface area contributed by atoms with Gasteiger partial charge in [0.05, 0.1) is 28.9 Å².